The highest BCUT2D eigenvalue weighted by Crippen LogP contribution is 2.40. The normalized spacial score (nSPS) is 12.6. The van der Waals surface area contributed by atoms with E-state index in [2.05, 4.69) is 26.6 Å². The van der Waals surface area contributed by atoms with E-state index in [4.69, 9.17) is 34.8 Å². The lowest BCUT2D eigenvalue weighted by Crippen LogP contribution is -2.39. The van der Waals surface area contributed by atoms with Crippen LogP contribution in [-0.4, -0.2) is 9.82 Å². The average Bonchev–Trinajstić information content (AvgIpc) is 2.49. The van der Waals surface area contributed by atoms with Crippen LogP contribution in [0.1, 0.15) is 17.2 Å². The molecule has 2 rings (SSSR count). The Labute approximate surface area is 162 Å². The lowest BCUT2D eigenvalue weighted by atomic mass is 10.1. The van der Waals surface area contributed by atoms with Crippen LogP contribution in [0.3, 0.4) is 0 Å². The van der Waals surface area contributed by atoms with Gasteiger partial charge < -0.3 is 10.6 Å². The zero-order chi connectivity index (χ0) is 17.9. The highest BCUT2D eigenvalue weighted by atomic mass is 79.9. The fraction of sp³-hybridized carbons (Fsp3) is 0.188. The highest BCUT2D eigenvalue weighted by Gasteiger charge is 2.35. The molecular weight excluding hydrogens is 441 g/mol. The summed E-state index contributed by atoms with van der Waals surface area (Å²) in [4.78, 5) is 12.2. The van der Waals surface area contributed by atoms with Gasteiger partial charge in [0.05, 0.1) is 0 Å². The minimum absolute atomic E-state index is 0.351. The molecule has 0 saturated carbocycles. The Hall–Kier alpha value is -1.01. The molecular formula is C16H13BrCl3FN2O. The van der Waals surface area contributed by atoms with E-state index in [9.17, 15) is 9.18 Å². The van der Waals surface area contributed by atoms with Gasteiger partial charge in [-0.15, -0.1) is 0 Å². The van der Waals surface area contributed by atoms with Gasteiger partial charge in [-0.25, -0.2) is 9.18 Å². The Kier molecular flexibility index (Phi) is 6.37. The van der Waals surface area contributed by atoms with Gasteiger partial charge in [-0.1, -0.05) is 62.9 Å². The van der Waals surface area contributed by atoms with Gasteiger partial charge in [0.15, 0.2) is 0 Å². The molecule has 0 heterocycles. The molecule has 0 bridgehead atoms. The van der Waals surface area contributed by atoms with Crippen molar-refractivity contribution in [3.63, 3.8) is 0 Å². The van der Waals surface area contributed by atoms with E-state index in [-0.39, 0.29) is 0 Å². The number of anilines is 1. The third-order valence-corrected chi connectivity index (χ3v) is 4.42. The predicted octanol–water partition coefficient (Wildman–Crippen LogP) is 6.13. The molecule has 24 heavy (non-hydrogen) atoms. The van der Waals surface area contributed by atoms with Crippen molar-refractivity contribution < 1.29 is 9.18 Å². The van der Waals surface area contributed by atoms with E-state index in [1.165, 1.54) is 6.07 Å². The molecule has 3 nitrogen and oxygen atoms in total. The first-order valence-electron chi connectivity index (χ1n) is 6.82. The SMILES string of the molecule is Cc1ccc([C@@H](NC(=O)Nc2ccc(Br)cc2)C(Cl)(Cl)Cl)cc1F. The molecule has 0 unspecified atom stereocenters. The molecule has 0 saturated heterocycles. The molecule has 0 aromatic heterocycles. The van der Waals surface area contributed by atoms with Crippen molar-refractivity contribution in [3.8, 4) is 0 Å². The molecule has 1 atom stereocenters. The van der Waals surface area contributed by atoms with E-state index in [0.717, 1.165) is 4.47 Å². The molecule has 0 spiro atoms. The summed E-state index contributed by atoms with van der Waals surface area (Å²) in [6.07, 6.45) is 0. The van der Waals surface area contributed by atoms with E-state index < -0.39 is 21.7 Å². The quantitative estimate of drug-likeness (QED) is 0.538. The van der Waals surface area contributed by atoms with Crippen LogP contribution in [0.15, 0.2) is 46.9 Å². The number of hydrogen-bond acceptors (Lipinski definition) is 1. The maximum absolute atomic E-state index is 13.8. The molecule has 128 valence electrons. The summed E-state index contributed by atoms with van der Waals surface area (Å²) in [6, 6.07) is 9.77. The maximum atomic E-state index is 13.8. The molecule has 2 N–H and O–H groups in total. The first kappa shape index (κ1) is 19.3. The smallest absolute Gasteiger partial charge is 0.319 e. The summed E-state index contributed by atoms with van der Waals surface area (Å²) in [5.41, 5.74) is 1.37. The number of carbonyl (C=O) groups is 1. The summed E-state index contributed by atoms with van der Waals surface area (Å²) in [5, 5.41) is 5.19. The average molecular weight is 455 g/mol. The monoisotopic (exact) mass is 452 g/mol. The fourth-order valence-electron chi connectivity index (χ4n) is 1.97. The molecule has 2 amide bonds. The van der Waals surface area contributed by atoms with Crippen molar-refractivity contribution in [1.29, 1.82) is 0 Å². The Morgan fingerprint density at radius 3 is 2.33 bits per heavy atom. The van der Waals surface area contributed by atoms with E-state index in [1.807, 2.05) is 0 Å². The second-order valence-electron chi connectivity index (χ2n) is 5.09. The topological polar surface area (TPSA) is 41.1 Å². The second-order valence-corrected chi connectivity index (χ2v) is 8.37. The molecule has 2 aromatic rings. The largest absolute Gasteiger partial charge is 0.327 e. The van der Waals surface area contributed by atoms with Crippen LogP contribution in [-0.2, 0) is 0 Å². The van der Waals surface area contributed by atoms with Crippen molar-refractivity contribution in [2.75, 3.05) is 5.32 Å². The van der Waals surface area contributed by atoms with Gasteiger partial charge in [0.25, 0.3) is 0 Å². The molecule has 0 aliphatic carbocycles. The third-order valence-electron chi connectivity index (χ3n) is 3.23. The maximum Gasteiger partial charge on any atom is 0.319 e. The Morgan fingerprint density at radius 2 is 1.79 bits per heavy atom. The van der Waals surface area contributed by atoms with Gasteiger partial charge >= 0.3 is 6.03 Å². The van der Waals surface area contributed by atoms with Crippen molar-refractivity contribution in [2.24, 2.45) is 0 Å². The van der Waals surface area contributed by atoms with Crippen LogP contribution in [0.5, 0.6) is 0 Å². The molecule has 0 aliphatic rings. The first-order valence-corrected chi connectivity index (χ1v) is 8.75. The second kappa shape index (κ2) is 7.91. The Morgan fingerprint density at radius 1 is 1.17 bits per heavy atom. The number of hydrogen-bond donors (Lipinski definition) is 2. The number of alkyl halides is 3. The van der Waals surface area contributed by atoms with E-state index in [1.54, 1.807) is 43.3 Å². The van der Waals surface area contributed by atoms with Crippen LogP contribution < -0.4 is 10.6 Å². The van der Waals surface area contributed by atoms with E-state index >= 15 is 0 Å². The first-order chi connectivity index (χ1) is 11.2. The summed E-state index contributed by atoms with van der Waals surface area (Å²) in [6.45, 7) is 1.62. The number of benzene rings is 2. The standard InChI is InChI=1S/C16H13BrCl3FN2O/c1-9-2-3-10(8-13(9)21)14(16(18,19)20)23-15(24)22-12-6-4-11(17)5-7-12/h2-8,14H,1H3,(H2,22,23,24)/t14-/m1/s1. The lowest BCUT2D eigenvalue weighted by molar-refractivity contribution is 0.248. The summed E-state index contributed by atoms with van der Waals surface area (Å²) < 4.78 is 12.8. The molecule has 0 aliphatic heterocycles. The Balaban J connectivity index is 2.18. The third kappa shape index (κ3) is 5.24. The highest BCUT2D eigenvalue weighted by molar-refractivity contribution is 9.10. The number of carbonyl (C=O) groups excluding carboxylic acids is 1. The van der Waals surface area contributed by atoms with Gasteiger partial charge in [0.1, 0.15) is 11.9 Å². The van der Waals surface area contributed by atoms with Crippen LogP contribution in [0.2, 0.25) is 0 Å². The number of aryl methyl sites for hydroxylation is 1. The van der Waals surface area contributed by atoms with Crippen molar-refractivity contribution in [3.05, 3.63) is 63.9 Å². The zero-order valence-corrected chi connectivity index (χ0v) is 16.3. The van der Waals surface area contributed by atoms with Crippen molar-refractivity contribution >= 4 is 62.5 Å². The van der Waals surface area contributed by atoms with Crippen LogP contribution in [0.25, 0.3) is 0 Å². The van der Waals surface area contributed by atoms with Crippen LogP contribution >= 0.6 is 50.7 Å². The van der Waals surface area contributed by atoms with Gasteiger partial charge in [-0.2, -0.15) is 0 Å². The van der Waals surface area contributed by atoms with Crippen molar-refractivity contribution in [1.82, 2.24) is 5.32 Å². The fourth-order valence-corrected chi connectivity index (χ4v) is 2.78. The zero-order valence-electron chi connectivity index (χ0n) is 12.4. The molecule has 2 aromatic carbocycles. The number of amides is 2. The van der Waals surface area contributed by atoms with Gasteiger partial charge in [0, 0.05) is 10.2 Å². The molecule has 0 radical (unpaired) electrons. The van der Waals surface area contributed by atoms with E-state index in [0.29, 0.717) is 16.8 Å². The molecule has 0 fully saturated rings. The minimum atomic E-state index is -1.85. The number of urea groups is 1. The van der Waals surface area contributed by atoms with Gasteiger partial charge in [-0.05, 0) is 48.4 Å². The van der Waals surface area contributed by atoms with Gasteiger partial charge in [0.2, 0.25) is 3.79 Å². The molecule has 8 heteroatoms. The number of halogens is 5. The Bertz CT molecular complexity index is 735. The summed E-state index contributed by atoms with van der Waals surface area (Å²) in [7, 11) is 0. The lowest BCUT2D eigenvalue weighted by Gasteiger charge is -2.26. The summed E-state index contributed by atoms with van der Waals surface area (Å²) in [5.74, 6) is -0.443. The summed E-state index contributed by atoms with van der Waals surface area (Å²) >= 11 is 21.2. The van der Waals surface area contributed by atoms with Gasteiger partial charge in [-0.3, -0.25) is 0 Å². The minimum Gasteiger partial charge on any atom is -0.327 e. The van der Waals surface area contributed by atoms with Crippen LogP contribution in [0.4, 0.5) is 14.9 Å². The number of rotatable bonds is 3. The number of nitrogens with one attached hydrogen (secondary N) is 2. The van der Waals surface area contributed by atoms with Crippen molar-refractivity contribution in [2.45, 2.75) is 16.8 Å². The predicted molar refractivity (Wildman–Crippen MR) is 100 cm³/mol. The van der Waals surface area contributed by atoms with Crippen LogP contribution in [0, 0.1) is 12.7 Å².